The van der Waals surface area contributed by atoms with Crippen molar-refractivity contribution in [1.29, 1.82) is 0 Å². The third-order valence-electron chi connectivity index (χ3n) is 10.6. The molecule has 0 aliphatic carbocycles. The van der Waals surface area contributed by atoms with Crippen LogP contribution in [0.4, 0.5) is 0 Å². The van der Waals surface area contributed by atoms with Gasteiger partial charge >= 0.3 is 5.97 Å². The average molecular weight is 748 g/mol. The van der Waals surface area contributed by atoms with Crippen LogP contribution in [0.2, 0.25) is 0 Å². The maximum Gasteiger partial charge on any atom is 0.332 e. The lowest BCUT2D eigenvalue weighted by Gasteiger charge is -2.35. The molecule has 2 heterocycles. The van der Waals surface area contributed by atoms with Gasteiger partial charge in [0, 0.05) is 32.9 Å². The number of aliphatic hydroxyl groups is 1. The molecule has 2 aliphatic rings. The average Bonchev–Trinajstić information content (AvgIpc) is 3.80. The Morgan fingerprint density at radius 1 is 1.04 bits per heavy atom. The summed E-state index contributed by atoms with van der Waals surface area (Å²) in [6.45, 7) is 12.1. The molecular formula is C42H57N3O9. The summed E-state index contributed by atoms with van der Waals surface area (Å²) in [6, 6.07) is 11.6. The Bertz CT molecular complexity index is 1690. The van der Waals surface area contributed by atoms with Crippen LogP contribution < -0.4 is 10.6 Å². The normalized spacial score (nSPS) is 31.4. The second-order valence-electron chi connectivity index (χ2n) is 15.4. The van der Waals surface area contributed by atoms with Crippen LogP contribution in [-0.2, 0) is 39.8 Å². The molecule has 3 amide bonds. The standard InChI is InChI=1S/C42H57N3O9/c1-10-25(2)34-38(48)43-31(23-28-19-21-30(46)22-20-28)37(47)44-36(41(5,6)51)39(49)53-35(29-17-12-11-13-18-29)27(4)16-14-15-26(3)32(52-9)24-33-42(7,54-33)40(50)45(34)8/h11-22,25,27,31-36,46,51H,10,23-24H2,1-9H3,(H,43,48)(H,44,47)/b16-14+,26-15+. The number of nitrogens with one attached hydrogen (secondary N) is 2. The largest absolute Gasteiger partial charge is 0.508 e. The van der Waals surface area contributed by atoms with E-state index >= 15 is 0 Å². The zero-order valence-electron chi connectivity index (χ0n) is 32.9. The summed E-state index contributed by atoms with van der Waals surface area (Å²) in [5.41, 5.74) is -0.768. The van der Waals surface area contributed by atoms with Gasteiger partial charge in [0.1, 0.15) is 23.9 Å². The summed E-state index contributed by atoms with van der Waals surface area (Å²) in [4.78, 5) is 58.1. The number of allylic oxidation sites excluding steroid dienone is 2. The summed E-state index contributed by atoms with van der Waals surface area (Å²) in [5, 5.41) is 26.7. The van der Waals surface area contributed by atoms with Gasteiger partial charge in [0.15, 0.2) is 11.6 Å². The first-order valence-electron chi connectivity index (χ1n) is 18.6. The molecule has 4 N–H and O–H groups in total. The molecule has 1 saturated heterocycles. The number of epoxide rings is 1. The number of methoxy groups -OCH3 is 1. The minimum Gasteiger partial charge on any atom is -0.508 e. The van der Waals surface area contributed by atoms with Crippen LogP contribution in [0.15, 0.2) is 78.4 Å². The Kier molecular flexibility index (Phi) is 13.9. The predicted octanol–water partition coefficient (Wildman–Crippen LogP) is 4.55. The predicted molar refractivity (Wildman–Crippen MR) is 204 cm³/mol. The van der Waals surface area contributed by atoms with Gasteiger partial charge in [-0.2, -0.15) is 0 Å². The van der Waals surface area contributed by atoms with E-state index in [0.29, 0.717) is 24.0 Å². The number of benzene rings is 2. The van der Waals surface area contributed by atoms with Gasteiger partial charge < -0.3 is 40.0 Å². The number of ether oxygens (including phenoxy) is 3. The monoisotopic (exact) mass is 747 g/mol. The lowest BCUT2D eigenvalue weighted by molar-refractivity contribution is -0.162. The maximum atomic E-state index is 14.3. The van der Waals surface area contributed by atoms with E-state index in [1.165, 1.54) is 30.9 Å². The highest BCUT2D eigenvalue weighted by molar-refractivity contribution is 5.96. The SMILES string of the molecule is CCC(C)C1C(=O)NC(Cc2ccc(O)cc2)C(=O)NC(C(C)(C)O)C(=O)OC(c2ccccc2)C(C)/C=C/C=C(\C)C(OC)CC2OC2(C)C(=O)N1C. The van der Waals surface area contributed by atoms with Gasteiger partial charge in [-0.3, -0.25) is 14.4 Å². The lowest BCUT2D eigenvalue weighted by atomic mass is 9.93. The van der Waals surface area contributed by atoms with Gasteiger partial charge in [0.25, 0.3) is 5.91 Å². The Hall–Kier alpha value is -4.52. The molecule has 0 radical (unpaired) electrons. The molecule has 0 saturated carbocycles. The Morgan fingerprint density at radius 3 is 2.28 bits per heavy atom. The number of nitrogens with zero attached hydrogens (tertiary/aromatic N) is 1. The van der Waals surface area contributed by atoms with E-state index in [4.69, 9.17) is 14.2 Å². The Labute approximate surface area is 318 Å². The van der Waals surface area contributed by atoms with Gasteiger partial charge in [-0.25, -0.2) is 4.79 Å². The fourth-order valence-electron chi connectivity index (χ4n) is 6.91. The van der Waals surface area contributed by atoms with Crippen molar-refractivity contribution in [3.05, 3.63) is 89.5 Å². The first kappa shape index (κ1) is 42.2. The molecule has 2 aliphatic heterocycles. The molecule has 4 rings (SSSR count). The molecule has 0 aromatic heterocycles. The van der Waals surface area contributed by atoms with E-state index in [1.54, 1.807) is 33.2 Å². The highest BCUT2D eigenvalue weighted by Gasteiger charge is 2.61. The lowest BCUT2D eigenvalue weighted by Crippen LogP contribution is -2.61. The fourth-order valence-corrected chi connectivity index (χ4v) is 6.91. The van der Waals surface area contributed by atoms with E-state index in [2.05, 4.69) is 10.6 Å². The number of cyclic esters (lactones) is 1. The summed E-state index contributed by atoms with van der Waals surface area (Å²) < 4.78 is 18.0. The quantitative estimate of drug-likeness (QED) is 0.235. The number of esters is 1. The highest BCUT2D eigenvalue weighted by Crippen LogP contribution is 2.42. The third kappa shape index (κ3) is 10.2. The number of carbonyl (C=O) groups excluding carboxylic acids is 4. The number of phenols is 1. The molecule has 9 atom stereocenters. The molecule has 54 heavy (non-hydrogen) atoms. The van der Waals surface area contributed by atoms with Crippen LogP contribution in [0, 0.1) is 11.8 Å². The summed E-state index contributed by atoms with van der Waals surface area (Å²) in [7, 11) is 3.16. The molecule has 9 unspecified atom stereocenters. The van der Waals surface area contributed by atoms with Crippen molar-refractivity contribution >= 4 is 23.7 Å². The maximum absolute atomic E-state index is 14.3. The first-order chi connectivity index (χ1) is 25.4. The van der Waals surface area contributed by atoms with E-state index in [1.807, 2.05) is 76.3 Å². The van der Waals surface area contributed by atoms with Gasteiger partial charge in [-0.15, -0.1) is 0 Å². The van der Waals surface area contributed by atoms with Crippen molar-refractivity contribution in [2.75, 3.05) is 14.2 Å². The minimum atomic E-state index is -1.79. The Balaban J connectivity index is 1.81. The number of rotatable bonds is 7. The van der Waals surface area contributed by atoms with Crippen LogP contribution in [0.25, 0.3) is 0 Å². The van der Waals surface area contributed by atoms with Crippen molar-refractivity contribution in [2.24, 2.45) is 11.8 Å². The van der Waals surface area contributed by atoms with E-state index in [0.717, 1.165) is 5.57 Å². The van der Waals surface area contributed by atoms with Crippen LogP contribution in [-0.4, -0.2) is 94.5 Å². The summed E-state index contributed by atoms with van der Waals surface area (Å²) >= 11 is 0. The van der Waals surface area contributed by atoms with Crippen molar-refractivity contribution < 1.29 is 43.6 Å². The number of hydrogen-bond acceptors (Lipinski definition) is 9. The molecule has 0 spiro atoms. The van der Waals surface area contributed by atoms with Gasteiger partial charge in [0.2, 0.25) is 11.8 Å². The van der Waals surface area contributed by atoms with Crippen LogP contribution >= 0.6 is 0 Å². The highest BCUT2D eigenvalue weighted by atomic mass is 16.6. The van der Waals surface area contributed by atoms with Crippen LogP contribution in [0.5, 0.6) is 5.75 Å². The van der Waals surface area contributed by atoms with E-state index in [-0.39, 0.29) is 36.0 Å². The van der Waals surface area contributed by atoms with E-state index < -0.39 is 59.3 Å². The molecule has 294 valence electrons. The molecule has 1 fully saturated rings. The summed E-state index contributed by atoms with van der Waals surface area (Å²) in [6.07, 6.45) is 4.96. The number of fused-ring (bicyclic) bond motifs is 1. The first-order valence-corrected chi connectivity index (χ1v) is 18.6. The molecule has 12 heteroatoms. The molecule has 2 aromatic carbocycles. The zero-order valence-corrected chi connectivity index (χ0v) is 32.9. The zero-order chi connectivity index (χ0) is 40.0. The summed E-state index contributed by atoms with van der Waals surface area (Å²) in [5.74, 6) is -3.22. The number of amides is 3. The van der Waals surface area contributed by atoms with Crippen molar-refractivity contribution in [2.45, 2.75) is 115 Å². The van der Waals surface area contributed by atoms with Gasteiger partial charge in [0.05, 0.1) is 17.8 Å². The molecule has 12 nitrogen and oxygen atoms in total. The molecule has 2 aromatic rings. The second kappa shape index (κ2) is 17.7. The molecular weight excluding hydrogens is 690 g/mol. The fraction of sp³-hybridized carbons (Fsp3) is 0.524. The molecule has 0 bridgehead atoms. The number of aromatic hydroxyl groups is 1. The van der Waals surface area contributed by atoms with Crippen LogP contribution in [0.3, 0.4) is 0 Å². The van der Waals surface area contributed by atoms with Crippen LogP contribution in [0.1, 0.15) is 78.5 Å². The van der Waals surface area contributed by atoms with Gasteiger partial charge in [-0.1, -0.05) is 87.9 Å². The Morgan fingerprint density at radius 2 is 1.69 bits per heavy atom. The van der Waals surface area contributed by atoms with Crippen molar-refractivity contribution in [1.82, 2.24) is 15.5 Å². The third-order valence-corrected chi connectivity index (χ3v) is 10.6. The smallest absolute Gasteiger partial charge is 0.332 e. The second-order valence-corrected chi connectivity index (χ2v) is 15.4. The van der Waals surface area contributed by atoms with E-state index in [9.17, 15) is 29.4 Å². The van der Waals surface area contributed by atoms with Gasteiger partial charge in [-0.05, 0) is 62.4 Å². The number of phenolic OH excluding ortho intramolecular Hbond substituents is 1. The number of carbonyl (C=O) groups is 4. The van der Waals surface area contributed by atoms with Crippen molar-refractivity contribution in [3.63, 3.8) is 0 Å². The number of hydrogen-bond donors (Lipinski definition) is 4. The topological polar surface area (TPSA) is 167 Å². The minimum absolute atomic E-state index is 0.0230. The van der Waals surface area contributed by atoms with Crippen molar-refractivity contribution in [3.8, 4) is 5.75 Å². The number of likely N-dealkylation sites (N-methyl/N-ethyl adjacent to an activating group) is 1.